The van der Waals surface area contributed by atoms with Crippen molar-refractivity contribution in [1.29, 1.82) is 0 Å². The number of nitrogens with two attached hydrogens (primary N) is 1. The molecule has 1 saturated heterocycles. The summed E-state index contributed by atoms with van der Waals surface area (Å²) in [7, 11) is -9.52. The smallest absolute Gasteiger partial charge is 0.340 e. The third-order valence-corrected chi connectivity index (χ3v) is 7.29. The lowest BCUT2D eigenvalue weighted by molar-refractivity contribution is -0.0484. The summed E-state index contributed by atoms with van der Waals surface area (Å²) in [5, 5.41) is 20.3. The first-order chi connectivity index (χ1) is 12.9. The molecular formula is C11H16FN5O9P2. The number of ether oxygens (including phenoxy) is 1. The maximum atomic E-state index is 13.4. The summed E-state index contributed by atoms with van der Waals surface area (Å²) in [4.78, 5) is 37.7. The Bertz CT molecular complexity index is 983. The van der Waals surface area contributed by atoms with Crippen molar-refractivity contribution in [3.63, 3.8) is 0 Å². The van der Waals surface area contributed by atoms with Crippen LogP contribution < -0.4 is 5.73 Å². The molecule has 0 aromatic carbocycles. The number of halogens is 1. The molecule has 0 amide bonds. The van der Waals surface area contributed by atoms with Gasteiger partial charge < -0.3 is 39.9 Å². The van der Waals surface area contributed by atoms with Crippen LogP contribution in [0.3, 0.4) is 0 Å². The molecular weight excluding hydrogens is 427 g/mol. The van der Waals surface area contributed by atoms with Gasteiger partial charge in [-0.2, -0.15) is 14.4 Å². The predicted octanol–water partition coefficient (Wildman–Crippen LogP) is -1.50. The second-order valence-electron chi connectivity index (χ2n) is 5.99. The monoisotopic (exact) mass is 443 g/mol. The molecule has 5 atom stereocenters. The summed E-state index contributed by atoms with van der Waals surface area (Å²) < 4.78 is 47.0. The molecule has 1 aliphatic rings. The van der Waals surface area contributed by atoms with Crippen LogP contribution >= 0.6 is 15.2 Å². The van der Waals surface area contributed by atoms with Gasteiger partial charge >= 0.3 is 21.3 Å². The van der Waals surface area contributed by atoms with Crippen molar-refractivity contribution in [3.05, 3.63) is 12.4 Å². The standard InChI is InChI=1S/C11H16FN5O9P2/c12-11-15-8(13)5-9(16-11)17(2-14-5)10-7(19)6(18)4(26-10)1-25-28(23,24)3-27(20,21)22/h2,4,6-7,10,18-19H,1,3H2,(H,23,24)(H2,13,15,16)(H2,20,21,22)/t4-,6-,7-,10-/m1/s1. The number of aliphatic hydroxyl groups is 2. The lowest BCUT2D eigenvalue weighted by Crippen LogP contribution is -2.33. The minimum absolute atomic E-state index is 0.0212. The van der Waals surface area contributed by atoms with Crippen LogP contribution in [0.4, 0.5) is 10.2 Å². The van der Waals surface area contributed by atoms with Gasteiger partial charge in [0.1, 0.15) is 18.3 Å². The van der Waals surface area contributed by atoms with Gasteiger partial charge in [-0.3, -0.25) is 13.7 Å². The van der Waals surface area contributed by atoms with E-state index in [0.29, 0.717) is 0 Å². The van der Waals surface area contributed by atoms with Crippen LogP contribution in [0, 0.1) is 6.08 Å². The Kier molecular flexibility index (Phi) is 5.57. The summed E-state index contributed by atoms with van der Waals surface area (Å²) in [5.41, 5.74) is 5.44. The van der Waals surface area contributed by atoms with E-state index in [1.54, 1.807) is 0 Å². The van der Waals surface area contributed by atoms with Crippen LogP contribution in [0.5, 0.6) is 0 Å². The molecule has 3 rings (SSSR count). The fraction of sp³-hybridized carbons (Fsp3) is 0.545. The van der Waals surface area contributed by atoms with Gasteiger partial charge in [0.2, 0.25) is 0 Å². The molecule has 1 aliphatic heterocycles. The highest BCUT2D eigenvalue weighted by molar-refractivity contribution is 7.70. The maximum Gasteiger partial charge on any atom is 0.340 e. The van der Waals surface area contributed by atoms with Crippen molar-refractivity contribution in [2.24, 2.45) is 0 Å². The highest BCUT2D eigenvalue weighted by Gasteiger charge is 2.45. The zero-order valence-corrected chi connectivity index (χ0v) is 15.6. The van der Waals surface area contributed by atoms with E-state index in [0.717, 1.165) is 10.9 Å². The molecule has 0 spiro atoms. The predicted molar refractivity (Wildman–Crippen MR) is 88.3 cm³/mol. The molecule has 3 heterocycles. The Morgan fingerprint density at radius 1 is 1.25 bits per heavy atom. The first kappa shape index (κ1) is 21.2. The van der Waals surface area contributed by atoms with Crippen LogP contribution in [0.15, 0.2) is 6.33 Å². The van der Waals surface area contributed by atoms with Crippen LogP contribution in [-0.2, 0) is 18.4 Å². The van der Waals surface area contributed by atoms with Crippen molar-refractivity contribution in [2.45, 2.75) is 24.5 Å². The average Bonchev–Trinajstić information content (AvgIpc) is 3.06. The Morgan fingerprint density at radius 2 is 1.93 bits per heavy atom. The molecule has 2 aromatic rings. The highest BCUT2D eigenvalue weighted by atomic mass is 31.2. The van der Waals surface area contributed by atoms with Crippen LogP contribution in [0.1, 0.15) is 6.23 Å². The maximum absolute atomic E-state index is 13.4. The van der Waals surface area contributed by atoms with Crippen molar-refractivity contribution in [2.75, 3.05) is 18.2 Å². The Balaban J connectivity index is 1.78. The van der Waals surface area contributed by atoms with Crippen LogP contribution in [0.25, 0.3) is 11.2 Å². The molecule has 2 aromatic heterocycles. The number of nitrogens with zero attached hydrogens (tertiary/aromatic N) is 4. The van der Waals surface area contributed by atoms with Crippen molar-refractivity contribution < 1.29 is 47.7 Å². The minimum atomic E-state index is -4.83. The molecule has 0 saturated carbocycles. The van der Waals surface area contributed by atoms with Crippen LogP contribution in [0.2, 0.25) is 0 Å². The molecule has 1 fully saturated rings. The highest BCUT2D eigenvalue weighted by Crippen LogP contribution is 2.55. The number of hydrogen-bond donors (Lipinski definition) is 6. The van der Waals surface area contributed by atoms with Crippen molar-refractivity contribution in [1.82, 2.24) is 19.5 Å². The van der Waals surface area contributed by atoms with E-state index in [2.05, 4.69) is 19.5 Å². The third-order valence-electron chi connectivity index (χ3n) is 3.84. The SMILES string of the molecule is Nc1nc(F)nc2c1ncn2[C@@H]1O[C@H](COP(=O)(O)CP(=O)(O)O)[C@@H](O)[C@H]1O. The summed E-state index contributed by atoms with van der Waals surface area (Å²) in [6.07, 6.45) is -5.92. The number of aromatic nitrogens is 4. The molecule has 17 heteroatoms. The van der Waals surface area contributed by atoms with Gasteiger partial charge in [-0.25, -0.2) is 4.98 Å². The normalized spacial score (nSPS) is 27.9. The number of fused-ring (bicyclic) bond motifs is 1. The van der Waals surface area contributed by atoms with E-state index in [1.807, 2.05) is 0 Å². The van der Waals surface area contributed by atoms with Gasteiger partial charge in [-0.05, 0) is 0 Å². The summed E-state index contributed by atoms with van der Waals surface area (Å²) >= 11 is 0. The van der Waals surface area contributed by atoms with Gasteiger partial charge in [0.25, 0.3) is 0 Å². The topological polar surface area (TPSA) is 223 Å². The van der Waals surface area contributed by atoms with E-state index in [-0.39, 0.29) is 17.0 Å². The van der Waals surface area contributed by atoms with E-state index in [4.69, 9.17) is 20.3 Å². The fourth-order valence-corrected chi connectivity index (χ4v) is 5.23. The van der Waals surface area contributed by atoms with Crippen LogP contribution in [-0.4, -0.2) is 75.2 Å². The number of rotatable bonds is 6. The van der Waals surface area contributed by atoms with E-state index in [9.17, 15) is 28.6 Å². The summed E-state index contributed by atoms with van der Waals surface area (Å²) in [6, 6.07) is 0. The molecule has 14 nitrogen and oxygen atoms in total. The number of nitrogen functional groups attached to an aromatic ring is 1. The second kappa shape index (κ2) is 7.37. The molecule has 0 aliphatic carbocycles. The molecule has 28 heavy (non-hydrogen) atoms. The van der Waals surface area contributed by atoms with Gasteiger partial charge in [0, 0.05) is 0 Å². The van der Waals surface area contributed by atoms with Crippen molar-refractivity contribution in [3.8, 4) is 0 Å². The molecule has 1 unspecified atom stereocenters. The molecule has 156 valence electrons. The first-order valence-corrected chi connectivity index (χ1v) is 11.1. The lowest BCUT2D eigenvalue weighted by atomic mass is 10.1. The van der Waals surface area contributed by atoms with Crippen molar-refractivity contribution >= 4 is 32.2 Å². The third kappa shape index (κ3) is 4.38. The van der Waals surface area contributed by atoms with Gasteiger partial charge in [0.15, 0.2) is 29.1 Å². The van der Waals surface area contributed by atoms with E-state index >= 15 is 0 Å². The Hall–Kier alpha value is -1.54. The number of hydrogen-bond acceptors (Lipinski definition) is 10. The molecule has 0 radical (unpaired) electrons. The first-order valence-electron chi connectivity index (χ1n) is 7.56. The molecule has 0 bridgehead atoms. The Morgan fingerprint density at radius 3 is 2.57 bits per heavy atom. The molecule has 7 N–H and O–H groups in total. The second-order valence-corrected chi connectivity index (χ2v) is 9.98. The average molecular weight is 443 g/mol. The van der Waals surface area contributed by atoms with Gasteiger partial charge in [0.05, 0.1) is 12.9 Å². The number of imidazole rings is 1. The van der Waals surface area contributed by atoms with E-state index in [1.165, 1.54) is 0 Å². The van der Waals surface area contributed by atoms with Gasteiger partial charge in [-0.1, -0.05) is 0 Å². The number of anilines is 1. The lowest BCUT2D eigenvalue weighted by Gasteiger charge is -2.18. The number of aliphatic hydroxyl groups excluding tert-OH is 2. The largest absolute Gasteiger partial charge is 0.387 e. The Labute approximate surface area is 155 Å². The zero-order valence-electron chi connectivity index (χ0n) is 13.8. The summed E-state index contributed by atoms with van der Waals surface area (Å²) in [6.45, 7) is -0.763. The van der Waals surface area contributed by atoms with Gasteiger partial charge in [-0.15, -0.1) is 0 Å². The van der Waals surface area contributed by atoms with E-state index < -0.39 is 58.3 Å². The zero-order chi connectivity index (χ0) is 20.9. The fourth-order valence-electron chi connectivity index (χ4n) is 2.66. The summed E-state index contributed by atoms with van der Waals surface area (Å²) in [5.74, 6) is -1.68. The minimum Gasteiger partial charge on any atom is -0.387 e. The quantitative estimate of drug-likeness (QED) is 0.221.